The van der Waals surface area contributed by atoms with Crippen LogP contribution in [0.2, 0.25) is 0 Å². The lowest BCUT2D eigenvalue weighted by Gasteiger charge is -2.12. The van der Waals surface area contributed by atoms with E-state index in [0.717, 1.165) is 12.1 Å². The van der Waals surface area contributed by atoms with Gasteiger partial charge in [0.1, 0.15) is 11.6 Å². The third kappa shape index (κ3) is 5.60. The zero-order valence-electron chi connectivity index (χ0n) is 14.5. The highest BCUT2D eigenvalue weighted by molar-refractivity contribution is 7.92. The number of rotatable bonds is 9. The molecular formula is C17H14F3NO7S. The predicted molar refractivity (Wildman–Crippen MR) is 92.9 cm³/mol. The molecule has 0 saturated carbocycles. The zero-order valence-corrected chi connectivity index (χ0v) is 15.3. The number of hydrogen-bond donors (Lipinski definition) is 3. The maximum Gasteiger partial charge on any atom is 0.338 e. The molecule has 0 unspecified atom stereocenters. The van der Waals surface area contributed by atoms with Gasteiger partial charge in [-0.2, -0.15) is 0 Å². The van der Waals surface area contributed by atoms with E-state index in [1.54, 1.807) is 4.72 Å². The van der Waals surface area contributed by atoms with Gasteiger partial charge in [0.15, 0.2) is 11.6 Å². The molecule has 3 N–H and O–H groups in total. The Kier molecular flexibility index (Phi) is 6.69. The topological polar surface area (TPSA) is 130 Å². The molecule has 0 atom stereocenters. The van der Waals surface area contributed by atoms with Crippen molar-refractivity contribution in [1.82, 2.24) is 0 Å². The van der Waals surface area contributed by atoms with Crippen LogP contribution in [0.25, 0.3) is 0 Å². The van der Waals surface area contributed by atoms with Crippen LogP contribution in [0.15, 0.2) is 35.2 Å². The number of carboxylic acids is 2. The second-order valence-corrected chi connectivity index (χ2v) is 7.34. The van der Waals surface area contributed by atoms with Crippen LogP contribution in [0, 0.1) is 17.5 Å². The molecule has 0 amide bonds. The van der Waals surface area contributed by atoms with Crippen LogP contribution in [0.1, 0.15) is 23.2 Å². The van der Waals surface area contributed by atoms with Gasteiger partial charge >= 0.3 is 11.9 Å². The Hall–Kier alpha value is -3.28. The van der Waals surface area contributed by atoms with E-state index in [0.29, 0.717) is 12.1 Å². The van der Waals surface area contributed by atoms with Gasteiger partial charge in [-0.05, 0) is 30.7 Å². The van der Waals surface area contributed by atoms with Gasteiger partial charge in [-0.3, -0.25) is 9.52 Å². The quantitative estimate of drug-likeness (QED) is 0.519. The number of aliphatic carboxylic acids is 1. The molecule has 0 radical (unpaired) electrons. The summed E-state index contributed by atoms with van der Waals surface area (Å²) in [7, 11) is -4.55. The molecule has 2 aromatic carbocycles. The Morgan fingerprint density at radius 1 is 1.00 bits per heavy atom. The molecule has 2 rings (SSSR count). The molecule has 0 aliphatic heterocycles. The molecule has 12 heteroatoms. The SMILES string of the molecule is O=C(O)CCCOc1ccc(S(=O)(=O)Nc2cc(C(=O)O)c(F)cc2F)cc1F. The lowest BCUT2D eigenvalue weighted by molar-refractivity contribution is -0.137. The number of hydrogen-bond acceptors (Lipinski definition) is 5. The van der Waals surface area contributed by atoms with Crippen LogP contribution in [-0.2, 0) is 14.8 Å². The normalized spacial score (nSPS) is 11.1. The van der Waals surface area contributed by atoms with Crippen molar-refractivity contribution in [1.29, 1.82) is 0 Å². The smallest absolute Gasteiger partial charge is 0.338 e. The van der Waals surface area contributed by atoms with Crippen LogP contribution in [0.4, 0.5) is 18.9 Å². The summed E-state index contributed by atoms with van der Waals surface area (Å²) in [6.45, 7) is -0.119. The van der Waals surface area contributed by atoms with E-state index in [-0.39, 0.29) is 31.3 Å². The largest absolute Gasteiger partial charge is 0.491 e. The van der Waals surface area contributed by atoms with Crippen LogP contribution in [0.3, 0.4) is 0 Å². The van der Waals surface area contributed by atoms with Crippen molar-refractivity contribution >= 4 is 27.6 Å². The van der Waals surface area contributed by atoms with Gasteiger partial charge in [0.2, 0.25) is 0 Å². The van der Waals surface area contributed by atoms with Crippen LogP contribution < -0.4 is 9.46 Å². The van der Waals surface area contributed by atoms with Crippen molar-refractivity contribution in [2.75, 3.05) is 11.3 Å². The molecule has 0 spiro atoms. The van der Waals surface area contributed by atoms with Crippen molar-refractivity contribution in [3.63, 3.8) is 0 Å². The predicted octanol–water partition coefficient (Wildman–Crippen LogP) is 2.85. The average molecular weight is 433 g/mol. The summed E-state index contributed by atoms with van der Waals surface area (Å²) in [5.74, 6) is -6.95. The number of nitrogens with one attached hydrogen (secondary N) is 1. The molecule has 0 fully saturated rings. The van der Waals surface area contributed by atoms with E-state index in [2.05, 4.69) is 0 Å². The third-order valence-corrected chi connectivity index (χ3v) is 4.90. The summed E-state index contributed by atoms with van der Waals surface area (Å²) < 4.78 is 72.7. The zero-order chi connectivity index (χ0) is 21.8. The Morgan fingerprint density at radius 3 is 2.28 bits per heavy atom. The van der Waals surface area contributed by atoms with E-state index >= 15 is 0 Å². The molecule has 0 aliphatic rings. The Bertz CT molecular complexity index is 1060. The van der Waals surface area contributed by atoms with E-state index in [4.69, 9.17) is 14.9 Å². The van der Waals surface area contributed by atoms with Crippen LogP contribution >= 0.6 is 0 Å². The van der Waals surface area contributed by atoms with Crippen molar-refractivity contribution in [3.8, 4) is 5.75 Å². The fourth-order valence-corrected chi connectivity index (χ4v) is 3.24. The van der Waals surface area contributed by atoms with Gasteiger partial charge < -0.3 is 14.9 Å². The number of anilines is 1. The minimum atomic E-state index is -4.55. The molecule has 8 nitrogen and oxygen atoms in total. The highest BCUT2D eigenvalue weighted by atomic mass is 32.2. The molecular weight excluding hydrogens is 419 g/mol. The highest BCUT2D eigenvalue weighted by Crippen LogP contribution is 2.26. The molecule has 0 bridgehead atoms. The number of carbonyl (C=O) groups is 2. The fraction of sp³-hybridized carbons (Fsp3) is 0.176. The lowest BCUT2D eigenvalue weighted by atomic mass is 10.2. The maximum absolute atomic E-state index is 14.1. The van der Waals surface area contributed by atoms with E-state index < -0.39 is 55.6 Å². The number of ether oxygens (including phenoxy) is 1. The minimum absolute atomic E-state index is 0.103. The van der Waals surface area contributed by atoms with Crippen LogP contribution in [0.5, 0.6) is 5.75 Å². The van der Waals surface area contributed by atoms with Gasteiger partial charge in [-0.1, -0.05) is 0 Å². The second kappa shape index (κ2) is 8.82. The molecule has 0 aliphatic carbocycles. The first kappa shape index (κ1) is 22.0. The number of aromatic carboxylic acids is 1. The van der Waals surface area contributed by atoms with E-state index in [9.17, 15) is 31.2 Å². The Labute approximate surface area is 162 Å². The number of sulfonamides is 1. The third-order valence-electron chi connectivity index (χ3n) is 3.54. The number of carboxylic acid groups (broad SMARTS) is 2. The second-order valence-electron chi connectivity index (χ2n) is 5.66. The van der Waals surface area contributed by atoms with Crippen molar-refractivity contribution < 1.29 is 46.1 Å². The lowest BCUT2D eigenvalue weighted by Crippen LogP contribution is -2.15. The van der Waals surface area contributed by atoms with Gasteiger partial charge in [0.05, 0.1) is 22.8 Å². The summed E-state index contributed by atoms with van der Waals surface area (Å²) in [5.41, 5.74) is -1.79. The van der Waals surface area contributed by atoms with Gasteiger partial charge in [0, 0.05) is 12.5 Å². The van der Waals surface area contributed by atoms with E-state index in [1.807, 2.05) is 0 Å². The first-order valence-corrected chi connectivity index (χ1v) is 9.39. The van der Waals surface area contributed by atoms with Crippen molar-refractivity contribution in [3.05, 3.63) is 53.3 Å². The van der Waals surface area contributed by atoms with Gasteiger partial charge in [-0.15, -0.1) is 0 Å². The molecule has 0 aromatic heterocycles. The first-order chi connectivity index (χ1) is 13.5. The fourth-order valence-electron chi connectivity index (χ4n) is 2.17. The van der Waals surface area contributed by atoms with Gasteiger partial charge in [0.25, 0.3) is 10.0 Å². The van der Waals surface area contributed by atoms with Crippen molar-refractivity contribution in [2.24, 2.45) is 0 Å². The van der Waals surface area contributed by atoms with Crippen molar-refractivity contribution in [2.45, 2.75) is 17.7 Å². The number of benzene rings is 2. The molecule has 0 heterocycles. The maximum atomic E-state index is 14.1. The van der Waals surface area contributed by atoms with E-state index in [1.165, 1.54) is 0 Å². The average Bonchev–Trinajstić information content (AvgIpc) is 2.61. The molecule has 29 heavy (non-hydrogen) atoms. The standard InChI is InChI=1S/C17H14F3NO7S/c18-11-8-12(19)14(7-10(11)17(24)25)21-29(26,27)9-3-4-15(13(20)6-9)28-5-1-2-16(22)23/h3-4,6-8,21H,1-2,5H2,(H,22,23)(H,24,25). The Morgan fingerprint density at radius 2 is 1.69 bits per heavy atom. The van der Waals surface area contributed by atoms with Gasteiger partial charge in [-0.25, -0.2) is 26.4 Å². The minimum Gasteiger partial charge on any atom is -0.491 e. The molecule has 2 aromatic rings. The summed E-state index contributed by atoms with van der Waals surface area (Å²) in [6, 6.07) is 3.16. The highest BCUT2D eigenvalue weighted by Gasteiger charge is 2.22. The molecule has 0 saturated heterocycles. The summed E-state index contributed by atoms with van der Waals surface area (Å²) in [6.07, 6.45) is -0.0916. The first-order valence-electron chi connectivity index (χ1n) is 7.90. The summed E-state index contributed by atoms with van der Waals surface area (Å²) >= 11 is 0. The summed E-state index contributed by atoms with van der Waals surface area (Å²) in [5, 5.41) is 17.4. The summed E-state index contributed by atoms with van der Waals surface area (Å²) in [4.78, 5) is 20.7. The molecule has 156 valence electrons. The monoisotopic (exact) mass is 433 g/mol. The number of halogens is 3. The Balaban J connectivity index is 2.21. The van der Waals surface area contributed by atoms with Crippen LogP contribution in [-0.4, -0.2) is 37.2 Å².